The van der Waals surface area contributed by atoms with Crippen LogP contribution in [0.5, 0.6) is 0 Å². The van der Waals surface area contributed by atoms with Gasteiger partial charge in [-0.1, -0.05) is 0 Å². The summed E-state index contributed by atoms with van der Waals surface area (Å²) in [6.45, 7) is 1.44. The predicted molar refractivity (Wildman–Crippen MR) is 63.0 cm³/mol. The third kappa shape index (κ3) is 2.30. The van der Waals surface area contributed by atoms with E-state index >= 15 is 0 Å². The van der Waals surface area contributed by atoms with E-state index < -0.39 is 0 Å². The van der Waals surface area contributed by atoms with Crippen LogP contribution in [0, 0.1) is 0 Å². The normalized spacial score (nSPS) is 25.9. The predicted octanol–water partition coefficient (Wildman–Crippen LogP) is 0.613. The van der Waals surface area contributed by atoms with E-state index in [2.05, 4.69) is 31.1 Å². The molecule has 15 heavy (non-hydrogen) atoms. The van der Waals surface area contributed by atoms with Gasteiger partial charge in [0.2, 0.25) is 0 Å². The quantitative estimate of drug-likeness (QED) is 0.828. The Morgan fingerprint density at radius 2 is 2.33 bits per heavy atom. The molecule has 0 radical (unpaired) electrons. The lowest BCUT2D eigenvalue weighted by Crippen LogP contribution is -2.36. The molecule has 1 saturated heterocycles. The molecule has 1 aliphatic rings. The summed E-state index contributed by atoms with van der Waals surface area (Å²) >= 11 is 3.35. The zero-order valence-electron chi connectivity index (χ0n) is 8.52. The zero-order chi connectivity index (χ0) is 10.8. The molecule has 5 heteroatoms. The fraction of sp³-hybridized carbons (Fsp3) is 0.500. The van der Waals surface area contributed by atoms with Gasteiger partial charge in [0.1, 0.15) is 5.82 Å². The fourth-order valence-corrected chi connectivity index (χ4v) is 2.05. The Balaban J connectivity index is 2.10. The third-order valence-electron chi connectivity index (χ3n) is 2.70. The molecule has 2 N–H and O–H groups in total. The molecule has 0 bridgehead atoms. The standard InChI is InChI=1S/C10H14BrN3O/c1-12-8-5-14(6-9(8)15)10-3-2-7(11)4-13-10/h2-4,8-9,12,15H,5-6H2,1H3/t8-,9-/m0/s1. The van der Waals surface area contributed by atoms with Crippen molar-refractivity contribution in [1.29, 1.82) is 0 Å². The number of likely N-dealkylation sites (N-methyl/N-ethyl adjacent to an activating group) is 1. The summed E-state index contributed by atoms with van der Waals surface area (Å²) in [5.74, 6) is 0.912. The van der Waals surface area contributed by atoms with Gasteiger partial charge in [-0.15, -0.1) is 0 Å². The van der Waals surface area contributed by atoms with Gasteiger partial charge in [0, 0.05) is 23.8 Å². The van der Waals surface area contributed by atoms with Gasteiger partial charge in [0.25, 0.3) is 0 Å². The third-order valence-corrected chi connectivity index (χ3v) is 3.16. The van der Waals surface area contributed by atoms with Gasteiger partial charge >= 0.3 is 0 Å². The first-order valence-corrected chi connectivity index (χ1v) is 5.72. The Hall–Kier alpha value is -0.650. The van der Waals surface area contributed by atoms with Crippen molar-refractivity contribution in [3.05, 3.63) is 22.8 Å². The molecule has 1 aromatic heterocycles. The van der Waals surface area contributed by atoms with Crippen molar-refractivity contribution < 1.29 is 5.11 Å². The van der Waals surface area contributed by atoms with E-state index in [0.29, 0.717) is 6.54 Å². The minimum atomic E-state index is -0.319. The van der Waals surface area contributed by atoms with E-state index in [0.717, 1.165) is 16.8 Å². The van der Waals surface area contributed by atoms with Gasteiger partial charge in [-0.2, -0.15) is 0 Å². The van der Waals surface area contributed by atoms with E-state index in [1.807, 2.05) is 19.2 Å². The van der Waals surface area contributed by atoms with Crippen LogP contribution in [0.25, 0.3) is 0 Å². The number of nitrogens with one attached hydrogen (secondary N) is 1. The van der Waals surface area contributed by atoms with E-state index in [1.165, 1.54) is 0 Å². The van der Waals surface area contributed by atoms with Crippen LogP contribution >= 0.6 is 15.9 Å². The number of aliphatic hydroxyl groups is 1. The molecule has 2 atom stereocenters. The van der Waals surface area contributed by atoms with Crippen molar-refractivity contribution in [3.63, 3.8) is 0 Å². The van der Waals surface area contributed by atoms with Crippen LogP contribution in [0.15, 0.2) is 22.8 Å². The molecule has 0 aromatic carbocycles. The van der Waals surface area contributed by atoms with Crippen LogP contribution in [0.4, 0.5) is 5.82 Å². The van der Waals surface area contributed by atoms with Gasteiger partial charge in [-0.3, -0.25) is 0 Å². The summed E-state index contributed by atoms with van der Waals surface area (Å²) < 4.78 is 0.969. The molecular formula is C10H14BrN3O. The second-order valence-corrected chi connectivity index (χ2v) is 4.62. The summed E-state index contributed by atoms with van der Waals surface area (Å²) in [5.41, 5.74) is 0. The monoisotopic (exact) mass is 271 g/mol. The van der Waals surface area contributed by atoms with Gasteiger partial charge < -0.3 is 15.3 Å². The first-order chi connectivity index (χ1) is 7.20. The van der Waals surface area contributed by atoms with Gasteiger partial charge in [-0.25, -0.2) is 4.98 Å². The van der Waals surface area contributed by atoms with E-state index in [1.54, 1.807) is 6.20 Å². The van der Waals surface area contributed by atoms with Gasteiger partial charge in [0.15, 0.2) is 0 Å². The van der Waals surface area contributed by atoms with Crippen molar-refractivity contribution in [2.75, 3.05) is 25.0 Å². The van der Waals surface area contributed by atoms with Crippen molar-refractivity contribution in [2.45, 2.75) is 12.1 Å². The lowest BCUT2D eigenvalue weighted by molar-refractivity contribution is 0.168. The number of β-amino-alcohol motifs (C(OH)–C–C–N with tert-alkyl or cyclic N) is 1. The van der Waals surface area contributed by atoms with Crippen LogP contribution < -0.4 is 10.2 Å². The first-order valence-electron chi connectivity index (χ1n) is 4.92. The SMILES string of the molecule is CN[C@H]1CN(c2ccc(Br)cn2)C[C@@H]1O. The molecule has 1 aromatic rings. The molecule has 0 spiro atoms. The van der Waals surface area contributed by atoms with Crippen LogP contribution in [0.3, 0.4) is 0 Å². The van der Waals surface area contributed by atoms with Crippen molar-refractivity contribution >= 4 is 21.7 Å². The summed E-state index contributed by atoms with van der Waals surface area (Å²) in [5, 5.41) is 12.8. The lowest BCUT2D eigenvalue weighted by Gasteiger charge is -2.16. The van der Waals surface area contributed by atoms with Crippen LogP contribution in [0.1, 0.15) is 0 Å². The molecular weight excluding hydrogens is 258 g/mol. The smallest absolute Gasteiger partial charge is 0.128 e. The fourth-order valence-electron chi connectivity index (χ4n) is 1.81. The zero-order valence-corrected chi connectivity index (χ0v) is 10.1. The van der Waals surface area contributed by atoms with E-state index in [-0.39, 0.29) is 12.1 Å². The minimum absolute atomic E-state index is 0.135. The molecule has 0 unspecified atom stereocenters. The van der Waals surface area contributed by atoms with Gasteiger partial charge in [-0.05, 0) is 35.1 Å². The average molecular weight is 272 g/mol. The lowest BCUT2D eigenvalue weighted by atomic mass is 10.2. The number of pyridine rings is 1. The highest BCUT2D eigenvalue weighted by Gasteiger charge is 2.30. The van der Waals surface area contributed by atoms with Crippen LogP contribution in [-0.2, 0) is 0 Å². The minimum Gasteiger partial charge on any atom is -0.390 e. The molecule has 2 rings (SSSR count). The molecule has 2 heterocycles. The van der Waals surface area contributed by atoms with Crippen molar-refractivity contribution in [1.82, 2.24) is 10.3 Å². The number of rotatable bonds is 2. The van der Waals surface area contributed by atoms with Crippen molar-refractivity contribution in [3.8, 4) is 0 Å². The van der Waals surface area contributed by atoms with Crippen LogP contribution in [-0.4, -0.2) is 42.4 Å². The maximum atomic E-state index is 9.73. The number of anilines is 1. The van der Waals surface area contributed by atoms with Gasteiger partial charge in [0.05, 0.1) is 12.1 Å². The molecule has 1 fully saturated rings. The molecule has 0 amide bonds. The summed E-state index contributed by atoms with van der Waals surface area (Å²) in [6.07, 6.45) is 1.45. The second kappa shape index (κ2) is 4.47. The highest BCUT2D eigenvalue weighted by atomic mass is 79.9. The molecule has 4 nitrogen and oxygen atoms in total. The Kier molecular flexibility index (Phi) is 3.23. The highest BCUT2D eigenvalue weighted by Crippen LogP contribution is 2.19. The summed E-state index contributed by atoms with van der Waals surface area (Å²) in [4.78, 5) is 6.39. The number of aliphatic hydroxyl groups excluding tert-OH is 1. The van der Waals surface area contributed by atoms with E-state index in [4.69, 9.17) is 0 Å². The number of halogens is 1. The topological polar surface area (TPSA) is 48.4 Å². The van der Waals surface area contributed by atoms with Crippen molar-refractivity contribution in [2.24, 2.45) is 0 Å². The molecule has 0 aliphatic carbocycles. The van der Waals surface area contributed by atoms with Crippen LogP contribution in [0.2, 0.25) is 0 Å². The molecule has 82 valence electrons. The maximum absolute atomic E-state index is 9.73. The molecule has 0 saturated carbocycles. The first kappa shape index (κ1) is 10.9. The summed E-state index contributed by atoms with van der Waals surface area (Å²) in [7, 11) is 1.87. The second-order valence-electron chi connectivity index (χ2n) is 3.70. The Labute approximate surface area is 97.4 Å². The molecule has 1 aliphatic heterocycles. The largest absolute Gasteiger partial charge is 0.390 e. The highest BCUT2D eigenvalue weighted by molar-refractivity contribution is 9.10. The number of hydrogen-bond acceptors (Lipinski definition) is 4. The number of aromatic nitrogens is 1. The summed E-state index contributed by atoms with van der Waals surface area (Å²) in [6, 6.07) is 4.05. The Bertz CT molecular complexity index is 330. The Morgan fingerprint density at radius 3 is 2.87 bits per heavy atom. The maximum Gasteiger partial charge on any atom is 0.128 e. The number of hydrogen-bond donors (Lipinski definition) is 2. The Morgan fingerprint density at radius 1 is 1.53 bits per heavy atom. The number of nitrogens with zero attached hydrogens (tertiary/aromatic N) is 2. The average Bonchev–Trinajstić information content (AvgIpc) is 2.61. The van der Waals surface area contributed by atoms with E-state index in [9.17, 15) is 5.11 Å².